The fraction of sp³-hybridized carbons (Fsp3) is 0.929. The highest BCUT2D eigenvalue weighted by Crippen LogP contribution is 2.37. The van der Waals surface area contributed by atoms with Crippen LogP contribution < -0.4 is 11.1 Å². The van der Waals surface area contributed by atoms with Gasteiger partial charge in [-0.3, -0.25) is 4.99 Å². The highest BCUT2D eigenvalue weighted by Gasteiger charge is 2.26. The van der Waals surface area contributed by atoms with Gasteiger partial charge < -0.3 is 15.8 Å². The Morgan fingerprint density at radius 1 is 1.44 bits per heavy atom. The minimum Gasteiger partial charge on any atom is -0.383 e. The van der Waals surface area contributed by atoms with E-state index in [1.54, 1.807) is 7.11 Å². The quantitative estimate of drug-likeness (QED) is 0.584. The Morgan fingerprint density at radius 3 is 2.61 bits per heavy atom. The molecule has 0 spiro atoms. The first-order valence-electron chi connectivity index (χ1n) is 6.98. The number of nitrogens with one attached hydrogen (secondary N) is 1. The van der Waals surface area contributed by atoms with Gasteiger partial charge in [-0.1, -0.05) is 13.8 Å². The van der Waals surface area contributed by atoms with Crippen molar-refractivity contribution < 1.29 is 4.74 Å². The zero-order valence-electron chi connectivity index (χ0n) is 12.3. The molecule has 0 aromatic heterocycles. The van der Waals surface area contributed by atoms with Crippen molar-refractivity contribution in [3.8, 4) is 0 Å². The Balaban J connectivity index is 2.27. The molecule has 18 heavy (non-hydrogen) atoms. The fourth-order valence-corrected chi connectivity index (χ4v) is 2.46. The van der Waals surface area contributed by atoms with Gasteiger partial charge in [0.2, 0.25) is 0 Å². The van der Waals surface area contributed by atoms with Crippen molar-refractivity contribution in [3.05, 3.63) is 0 Å². The second-order valence-electron chi connectivity index (χ2n) is 6.33. The van der Waals surface area contributed by atoms with Crippen LogP contribution in [0.1, 0.15) is 46.5 Å². The number of hydrogen-bond acceptors (Lipinski definition) is 2. The minimum absolute atomic E-state index is 0.212. The van der Waals surface area contributed by atoms with Gasteiger partial charge in [0.25, 0.3) is 0 Å². The van der Waals surface area contributed by atoms with Gasteiger partial charge in [-0.05, 0) is 43.9 Å². The number of nitrogens with two attached hydrogens (primary N) is 1. The molecule has 1 aliphatic carbocycles. The number of rotatable bonds is 5. The summed E-state index contributed by atoms with van der Waals surface area (Å²) in [5.41, 5.74) is 6.38. The van der Waals surface area contributed by atoms with Crippen LogP contribution in [0.5, 0.6) is 0 Å². The van der Waals surface area contributed by atoms with E-state index < -0.39 is 0 Å². The fourth-order valence-electron chi connectivity index (χ4n) is 2.46. The molecule has 1 saturated carbocycles. The smallest absolute Gasteiger partial charge is 0.188 e. The topological polar surface area (TPSA) is 59.6 Å². The second kappa shape index (κ2) is 6.98. The van der Waals surface area contributed by atoms with Crippen LogP contribution in [0.3, 0.4) is 0 Å². The van der Waals surface area contributed by atoms with Crippen LogP contribution in [-0.4, -0.2) is 32.3 Å². The van der Waals surface area contributed by atoms with E-state index in [1.165, 1.54) is 25.7 Å². The van der Waals surface area contributed by atoms with Crippen molar-refractivity contribution in [1.82, 2.24) is 5.32 Å². The number of guanidine groups is 1. The molecular formula is C14H29N3O. The van der Waals surface area contributed by atoms with Gasteiger partial charge in [-0.15, -0.1) is 0 Å². The molecule has 1 aliphatic rings. The molecule has 4 nitrogen and oxygen atoms in total. The summed E-state index contributed by atoms with van der Waals surface area (Å²) in [6.07, 6.45) is 5.16. The van der Waals surface area contributed by atoms with E-state index in [2.05, 4.69) is 24.2 Å². The number of hydrogen-bond donors (Lipinski definition) is 2. The van der Waals surface area contributed by atoms with E-state index in [9.17, 15) is 0 Å². The second-order valence-corrected chi connectivity index (χ2v) is 6.33. The van der Waals surface area contributed by atoms with Gasteiger partial charge in [0.05, 0.1) is 6.61 Å². The third kappa shape index (κ3) is 5.71. The molecule has 3 N–H and O–H groups in total. The number of methoxy groups -OCH3 is 1. The molecule has 0 heterocycles. The van der Waals surface area contributed by atoms with Crippen LogP contribution in [0.25, 0.3) is 0 Å². The number of aliphatic imine (C=N–C) groups is 1. The maximum absolute atomic E-state index is 5.86. The molecule has 0 aromatic rings. The van der Waals surface area contributed by atoms with Crippen molar-refractivity contribution >= 4 is 5.96 Å². The van der Waals surface area contributed by atoms with Crippen molar-refractivity contribution in [2.24, 2.45) is 22.1 Å². The predicted octanol–water partition coefficient (Wildman–Crippen LogP) is 2.14. The van der Waals surface area contributed by atoms with Crippen molar-refractivity contribution in [3.63, 3.8) is 0 Å². The molecule has 0 aliphatic heterocycles. The zero-order chi connectivity index (χ0) is 13.6. The first-order chi connectivity index (χ1) is 8.43. The van der Waals surface area contributed by atoms with Crippen LogP contribution >= 0.6 is 0 Å². The van der Waals surface area contributed by atoms with Gasteiger partial charge in [0.15, 0.2) is 5.96 Å². The molecule has 0 bridgehead atoms. The Hall–Kier alpha value is -0.770. The van der Waals surface area contributed by atoms with Crippen molar-refractivity contribution in [2.75, 3.05) is 20.3 Å². The third-order valence-electron chi connectivity index (χ3n) is 3.79. The average Bonchev–Trinajstić information content (AvgIpc) is 2.28. The lowest BCUT2D eigenvalue weighted by Crippen LogP contribution is -2.41. The highest BCUT2D eigenvalue weighted by molar-refractivity contribution is 5.78. The third-order valence-corrected chi connectivity index (χ3v) is 3.79. The molecular weight excluding hydrogens is 226 g/mol. The zero-order valence-corrected chi connectivity index (χ0v) is 12.3. The summed E-state index contributed by atoms with van der Waals surface area (Å²) in [6.45, 7) is 8.25. The van der Waals surface area contributed by atoms with Crippen molar-refractivity contribution in [2.45, 2.75) is 52.5 Å². The Bertz CT molecular complexity index is 266. The van der Waals surface area contributed by atoms with E-state index in [-0.39, 0.29) is 6.04 Å². The molecule has 1 atom stereocenters. The van der Waals surface area contributed by atoms with Crippen LogP contribution in [0.15, 0.2) is 4.99 Å². The summed E-state index contributed by atoms with van der Waals surface area (Å²) in [4.78, 5) is 4.45. The van der Waals surface area contributed by atoms with Crippen LogP contribution in [0.4, 0.5) is 0 Å². The van der Waals surface area contributed by atoms with Gasteiger partial charge in [0, 0.05) is 19.7 Å². The standard InChI is InChI=1S/C14H29N3O/c1-11(10-18-4)17-13(15)16-9-12-5-7-14(2,3)8-6-12/h11-12H,5-10H2,1-4H3,(H3,15,16,17). The van der Waals surface area contributed by atoms with Gasteiger partial charge in [-0.25, -0.2) is 0 Å². The summed E-state index contributed by atoms with van der Waals surface area (Å²) in [7, 11) is 1.69. The summed E-state index contributed by atoms with van der Waals surface area (Å²) < 4.78 is 5.05. The SMILES string of the molecule is COCC(C)NC(N)=NCC1CCC(C)(C)CC1. The molecule has 0 amide bonds. The van der Waals surface area contributed by atoms with Crippen LogP contribution in [-0.2, 0) is 4.74 Å². The monoisotopic (exact) mass is 255 g/mol. The molecule has 0 radical (unpaired) electrons. The summed E-state index contributed by atoms with van der Waals surface area (Å²) in [6, 6.07) is 0.212. The van der Waals surface area contributed by atoms with Gasteiger partial charge in [0.1, 0.15) is 0 Å². The lowest BCUT2D eigenvalue weighted by atomic mass is 9.73. The lowest BCUT2D eigenvalue weighted by Gasteiger charge is -2.33. The Morgan fingerprint density at radius 2 is 2.06 bits per heavy atom. The summed E-state index contributed by atoms with van der Waals surface area (Å²) >= 11 is 0. The van der Waals surface area contributed by atoms with Crippen LogP contribution in [0.2, 0.25) is 0 Å². The summed E-state index contributed by atoms with van der Waals surface area (Å²) in [5, 5.41) is 3.14. The average molecular weight is 255 g/mol. The van der Waals surface area contributed by atoms with E-state index in [4.69, 9.17) is 10.5 Å². The first-order valence-corrected chi connectivity index (χ1v) is 6.98. The van der Waals surface area contributed by atoms with Crippen LogP contribution in [0, 0.1) is 11.3 Å². The lowest BCUT2D eigenvalue weighted by molar-refractivity contribution is 0.179. The Labute approximate surface area is 111 Å². The summed E-state index contributed by atoms with van der Waals surface area (Å²) in [5.74, 6) is 1.25. The van der Waals surface area contributed by atoms with E-state index in [0.717, 1.165) is 6.54 Å². The maximum Gasteiger partial charge on any atom is 0.188 e. The van der Waals surface area contributed by atoms with Gasteiger partial charge in [-0.2, -0.15) is 0 Å². The molecule has 0 aromatic carbocycles. The number of ether oxygens (including phenoxy) is 1. The van der Waals surface area contributed by atoms with E-state index in [0.29, 0.717) is 23.9 Å². The molecule has 1 rings (SSSR count). The molecule has 1 unspecified atom stereocenters. The maximum atomic E-state index is 5.86. The van der Waals surface area contributed by atoms with E-state index in [1.807, 2.05) is 6.92 Å². The molecule has 4 heteroatoms. The normalized spacial score (nSPS) is 22.8. The first kappa shape index (κ1) is 15.3. The Kier molecular flexibility index (Phi) is 5.93. The highest BCUT2D eigenvalue weighted by atomic mass is 16.5. The molecule has 1 fully saturated rings. The largest absolute Gasteiger partial charge is 0.383 e. The number of nitrogens with zero attached hydrogens (tertiary/aromatic N) is 1. The van der Waals surface area contributed by atoms with Gasteiger partial charge >= 0.3 is 0 Å². The molecule has 0 saturated heterocycles. The predicted molar refractivity (Wildman–Crippen MR) is 76.7 cm³/mol. The van der Waals surface area contributed by atoms with E-state index >= 15 is 0 Å². The minimum atomic E-state index is 0.212. The molecule has 106 valence electrons. The van der Waals surface area contributed by atoms with Crippen molar-refractivity contribution in [1.29, 1.82) is 0 Å².